The number of nitrogens with two attached hydrogens (primary N) is 1. The molecule has 0 saturated heterocycles. The van der Waals surface area contributed by atoms with Crippen LogP contribution in [0, 0.1) is 11.8 Å². The molecule has 12 heteroatoms. The number of carbonyl (C=O) groups is 1. The first-order valence-electron chi connectivity index (χ1n) is 9.75. The molecule has 0 fully saturated rings. The Labute approximate surface area is 188 Å². The Morgan fingerprint density at radius 1 is 1.28 bits per heavy atom. The Bertz CT molecular complexity index is 1300. The van der Waals surface area contributed by atoms with Gasteiger partial charge in [0, 0.05) is 57.2 Å². The van der Waals surface area contributed by atoms with Crippen LogP contribution in [0.2, 0.25) is 0 Å². The van der Waals surface area contributed by atoms with Gasteiger partial charge in [0.1, 0.15) is 6.54 Å². The van der Waals surface area contributed by atoms with Gasteiger partial charge in [-0.15, -0.1) is 5.92 Å². The molecular weight excluding hydrogens is 432 g/mol. The lowest BCUT2D eigenvalue weighted by atomic mass is 10.4. The van der Waals surface area contributed by atoms with Crippen molar-refractivity contribution in [1.82, 2.24) is 23.7 Å². The molecule has 3 N–H and O–H groups in total. The Kier molecular flexibility index (Phi) is 7.34. The zero-order valence-corrected chi connectivity index (χ0v) is 18.8. The third-order valence-electron chi connectivity index (χ3n) is 4.68. The molecule has 0 saturated carbocycles. The van der Waals surface area contributed by atoms with Gasteiger partial charge in [0.2, 0.25) is 11.1 Å². The number of nitrogens with zero attached hydrogens (tertiary/aromatic N) is 6. The monoisotopic (exact) mass is 456 g/mol. The zero-order chi connectivity index (χ0) is 23.3. The fourth-order valence-electron chi connectivity index (χ4n) is 3.09. The fourth-order valence-corrected chi connectivity index (χ4v) is 3.65. The second kappa shape index (κ2) is 10.2. The largest absolute Gasteiger partial charge is 0.344 e. The Balaban J connectivity index is 2.03. The normalized spacial score (nSPS) is 10.6. The SMILES string of the molecule is CC#CCn1c(N(C)CCN)nc2c1c(=O)n(CC(=O)SNc1ccncc1)c(=O)n2C. The molecule has 3 aromatic heterocycles. The van der Waals surface area contributed by atoms with Gasteiger partial charge in [0.25, 0.3) is 5.56 Å². The van der Waals surface area contributed by atoms with Crippen LogP contribution in [0.4, 0.5) is 11.6 Å². The van der Waals surface area contributed by atoms with E-state index in [-0.39, 0.29) is 17.7 Å². The number of anilines is 2. The average molecular weight is 457 g/mol. The van der Waals surface area contributed by atoms with E-state index in [1.807, 2.05) is 0 Å². The third kappa shape index (κ3) is 4.68. The summed E-state index contributed by atoms with van der Waals surface area (Å²) >= 11 is 0.796. The highest BCUT2D eigenvalue weighted by molar-refractivity contribution is 8.14. The molecule has 0 unspecified atom stereocenters. The predicted octanol–water partition coefficient (Wildman–Crippen LogP) is -0.00320. The minimum atomic E-state index is -0.625. The van der Waals surface area contributed by atoms with E-state index in [1.165, 1.54) is 11.6 Å². The lowest BCUT2D eigenvalue weighted by Gasteiger charge is -2.17. The first-order chi connectivity index (χ1) is 15.4. The Morgan fingerprint density at radius 2 is 2.00 bits per heavy atom. The summed E-state index contributed by atoms with van der Waals surface area (Å²) in [5.41, 5.74) is 5.55. The van der Waals surface area contributed by atoms with Gasteiger partial charge in [-0.2, -0.15) is 4.98 Å². The number of likely N-dealkylation sites (N-methyl/N-ethyl adjacent to an activating group) is 1. The van der Waals surface area contributed by atoms with Crippen molar-refractivity contribution in [3.63, 3.8) is 0 Å². The number of carbonyl (C=O) groups excluding carboxylic acids is 1. The van der Waals surface area contributed by atoms with Gasteiger partial charge in [0.15, 0.2) is 11.2 Å². The molecule has 0 aromatic carbocycles. The molecule has 0 amide bonds. The molecule has 3 rings (SSSR count). The van der Waals surface area contributed by atoms with E-state index < -0.39 is 22.9 Å². The molecular formula is C20H24N8O3S. The maximum Gasteiger partial charge on any atom is 0.332 e. The smallest absolute Gasteiger partial charge is 0.332 e. The van der Waals surface area contributed by atoms with E-state index in [2.05, 4.69) is 26.5 Å². The van der Waals surface area contributed by atoms with Crippen molar-refractivity contribution in [1.29, 1.82) is 0 Å². The lowest BCUT2D eigenvalue weighted by molar-refractivity contribution is -0.111. The van der Waals surface area contributed by atoms with E-state index in [0.717, 1.165) is 16.5 Å². The molecule has 0 aliphatic carbocycles. The standard InChI is InChI=1S/C20H24N8O3S/c1-4-5-11-27-16-17(23-19(27)25(2)12-8-21)26(3)20(31)28(18(16)30)13-15(29)32-24-14-6-9-22-10-7-14/h6-7,9-10H,8,11-13,21H2,1-3H3,(H,22,24). The zero-order valence-electron chi connectivity index (χ0n) is 18.0. The van der Waals surface area contributed by atoms with Crippen molar-refractivity contribution in [3.05, 3.63) is 45.4 Å². The van der Waals surface area contributed by atoms with Crippen LogP contribution < -0.4 is 26.6 Å². The van der Waals surface area contributed by atoms with Gasteiger partial charge < -0.3 is 15.4 Å². The fraction of sp³-hybridized carbons (Fsp3) is 0.350. The van der Waals surface area contributed by atoms with Gasteiger partial charge in [-0.25, -0.2) is 9.36 Å². The quantitative estimate of drug-likeness (QED) is 0.355. The minimum Gasteiger partial charge on any atom is -0.344 e. The second-order valence-corrected chi connectivity index (χ2v) is 7.72. The van der Waals surface area contributed by atoms with Crippen LogP contribution in [0.15, 0.2) is 34.1 Å². The summed E-state index contributed by atoms with van der Waals surface area (Å²) in [6.45, 7) is 2.39. The van der Waals surface area contributed by atoms with Crippen LogP contribution in [0.5, 0.6) is 0 Å². The second-order valence-electron chi connectivity index (χ2n) is 6.85. The number of rotatable bonds is 8. The molecule has 32 heavy (non-hydrogen) atoms. The molecule has 11 nitrogen and oxygen atoms in total. The summed E-state index contributed by atoms with van der Waals surface area (Å²) in [5, 5.41) is -0.403. The number of aromatic nitrogens is 5. The summed E-state index contributed by atoms with van der Waals surface area (Å²) < 4.78 is 6.70. The molecule has 0 atom stereocenters. The highest BCUT2D eigenvalue weighted by Gasteiger charge is 2.22. The number of nitrogens with one attached hydrogen (secondary N) is 1. The summed E-state index contributed by atoms with van der Waals surface area (Å²) in [7, 11) is 3.31. The molecule has 0 spiro atoms. The van der Waals surface area contributed by atoms with E-state index in [4.69, 9.17) is 5.73 Å². The number of hydrogen-bond donors (Lipinski definition) is 2. The van der Waals surface area contributed by atoms with Crippen LogP contribution >= 0.6 is 11.9 Å². The van der Waals surface area contributed by atoms with Crippen LogP contribution in [0.1, 0.15) is 6.92 Å². The molecule has 3 aromatic rings. The maximum absolute atomic E-state index is 13.3. The minimum absolute atomic E-state index is 0.202. The molecule has 0 bridgehead atoms. The molecule has 3 heterocycles. The third-order valence-corrected chi connectivity index (χ3v) is 5.38. The summed E-state index contributed by atoms with van der Waals surface area (Å²) in [6, 6.07) is 3.40. The van der Waals surface area contributed by atoms with E-state index in [1.54, 1.807) is 48.0 Å². The summed E-state index contributed by atoms with van der Waals surface area (Å²) in [5.74, 6) is 6.21. The van der Waals surface area contributed by atoms with Gasteiger partial charge in [-0.1, -0.05) is 5.92 Å². The van der Waals surface area contributed by atoms with E-state index in [9.17, 15) is 14.4 Å². The van der Waals surface area contributed by atoms with Crippen LogP contribution in [-0.4, -0.2) is 48.9 Å². The van der Waals surface area contributed by atoms with Crippen LogP contribution in [0.25, 0.3) is 11.2 Å². The van der Waals surface area contributed by atoms with Crippen molar-refractivity contribution in [2.24, 2.45) is 12.8 Å². The van der Waals surface area contributed by atoms with Gasteiger partial charge in [0.05, 0.1) is 6.54 Å². The van der Waals surface area contributed by atoms with Gasteiger partial charge in [-0.3, -0.25) is 23.7 Å². The molecule has 0 aliphatic heterocycles. The van der Waals surface area contributed by atoms with E-state index >= 15 is 0 Å². The Morgan fingerprint density at radius 3 is 2.66 bits per heavy atom. The Hall–Kier alpha value is -3.56. The summed E-state index contributed by atoms with van der Waals surface area (Å²) in [4.78, 5) is 48.9. The average Bonchev–Trinajstić information content (AvgIpc) is 3.18. The van der Waals surface area contributed by atoms with Crippen molar-refractivity contribution < 1.29 is 4.79 Å². The van der Waals surface area contributed by atoms with Crippen LogP contribution in [-0.2, 0) is 24.9 Å². The first kappa shape index (κ1) is 23.1. The van der Waals surface area contributed by atoms with Gasteiger partial charge in [-0.05, 0) is 19.1 Å². The molecule has 0 radical (unpaired) electrons. The van der Waals surface area contributed by atoms with Crippen molar-refractivity contribution >= 4 is 39.9 Å². The maximum atomic E-state index is 13.3. The number of pyridine rings is 1. The van der Waals surface area contributed by atoms with Crippen molar-refractivity contribution in [3.8, 4) is 11.8 Å². The number of aryl methyl sites for hydroxylation is 1. The number of fused-ring (bicyclic) bond motifs is 1. The van der Waals surface area contributed by atoms with Crippen LogP contribution in [0.3, 0.4) is 0 Å². The first-order valence-corrected chi connectivity index (χ1v) is 10.6. The predicted molar refractivity (Wildman–Crippen MR) is 125 cm³/mol. The molecule has 0 aliphatic rings. The molecule has 168 valence electrons. The number of imidazole rings is 1. The van der Waals surface area contributed by atoms with Gasteiger partial charge >= 0.3 is 5.69 Å². The highest BCUT2D eigenvalue weighted by atomic mass is 32.2. The topological polar surface area (TPSA) is 133 Å². The van der Waals surface area contributed by atoms with E-state index in [0.29, 0.717) is 24.7 Å². The lowest BCUT2D eigenvalue weighted by Crippen LogP contribution is -2.41. The number of hydrogen-bond acceptors (Lipinski definition) is 9. The summed E-state index contributed by atoms with van der Waals surface area (Å²) in [6.07, 6.45) is 3.17. The van der Waals surface area contributed by atoms with Crippen molar-refractivity contribution in [2.75, 3.05) is 29.8 Å². The van der Waals surface area contributed by atoms with Crippen molar-refractivity contribution in [2.45, 2.75) is 20.0 Å². The highest BCUT2D eigenvalue weighted by Crippen LogP contribution is 2.18.